The van der Waals surface area contributed by atoms with E-state index < -0.39 is 24.6 Å². The van der Waals surface area contributed by atoms with Gasteiger partial charge in [-0.05, 0) is 25.0 Å². The number of rotatable bonds is 7. The highest BCUT2D eigenvalue weighted by molar-refractivity contribution is 8.00. The van der Waals surface area contributed by atoms with Crippen molar-refractivity contribution in [3.8, 4) is 0 Å². The Kier molecular flexibility index (Phi) is 6.86. The molecule has 0 saturated heterocycles. The fraction of sp³-hybridized carbons (Fsp3) is 0.375. The van der Waals surface area contributed by atoms with Gasteiger partial charge >= 0.3 is 6.18 Å². The quantitative estimate of drug-likeness (QED) is 0.706. The molecular weight excluding hydrogens is 373 g/mol. The number of aliphatic hydroxyl groups excluding tert-OH is 1. The molecule has 2 N–H and O–H groups in total. The molecule has 0 spiro atoms. The van der Waals surface area contributed by atoms with Gasteiger partial charge in [0.05, 0.1) is 0 Å². The van der Waals surface area contributed by atoms with Crippen LogP contribution in [0.3, 0.4) is 0 Å². The lowest BCUT2D eigenvalue weighted by Crippen LogP contribution is -2.34. The van der Waals surface area contributed by atoms with E-state index in [1.807, 2.05) is 12.3 Å². The minimum Gasteiger partial charge on any atom is -0.384 e. The number of aliphatic hydroxyl groups is 1. The van der Waals surface area contributed by atoms with Gasteiger partial charge in [0.1, 0.15) is 4.34 Å². The number of carbonyl (C=O) groups is 1. The molecule has 25 heavy (non-hydrogen) atoms. The summed E-state index contributed by atoms with van der Waals surface area (Å²) in [6, 6.07) is 6.92. The molecule has 0 aliphatic rings. The number of nitrogens with zero attached hydrogens (tertiary/aromatic N) is 1. The first-order valence-corrected chi connectivity index (χ1v) is 9.29. The lowest BCUT2D eigenvalue weighted by Gasteiger charge is -2.15. The van der Waals surface area contributed by atoms with Crippen LogP contribution in [0.2, 0.25) is 0 Å². The fourth-order valence-corrected chi connectivity index (χ4v) is 3.84. The highest BCUT2D eigenvalue weighted by Crippen LogP contribution is 2.27. The second kappa shape index (κ2) is 8.68. The average molecular weight is 390 g/mol. The Labute approximate surface area is 151 Å². The number of amides is 1. The fourth-order valence-electron chi connectivity index (χ4n) is 1.99. The standard InChI is InChI=1S/C16H17F3N2O2S2/c1-10-8-24-15(21-10)25-9-11-4-2-3-5-12(11)14(23)20-7-6-13(22)16(17,18)19/h2-5,8,13,22H,6-7,9H2,1H3,(H,20,23)/t13-/m1/s1. The number of benzene rings is 1. The van der Waals surface area contributed by atoms with Crippen molar-refractivity contribution in [1.82, 2.24) is 10.3 Å². The number of hydrogen-bond acceptors (Lipinski definition) is 5. The van der Waals surface area contributed by atoms with Gasteiger partial charge in [0, 0.05) is 28.9 Å². The second-order valence-electron chi connectivity index (χ2n) is 5.30. The molecule has 0 bridgehead atoms. The number of nitrogens with one attached hydrogen (secondary N) is 1. The number of halogens is 3. The average Bonchev–Trinajstić information content (AvgIpc) is 2.97. The highest BCUT2D eigenvalue weighted by Gasteiger charge is 2.37. The summed E-state index contributed by atoms with van der Waals surface area (Å²) < 4.78 is 37.7. The highest BCUT2D eigenvalue weighted by atomic mass is 32.2. The molecule has 0 fully saturated rings. The molecule has 1 heterocycles. The van der Waals surface area contributed by atoms with Crippen molar-refractivity contribution in [2.24, 2.45) is 0 Å². The van der Waals surface area contributed by atoms with Gasteiger partial charge in [-0.2, -0.15) is 13.2 Å². The zero-order valence-electron chi connectivity index (χ0n) is 13.3. The minimum atomic E-state index is -4.68. The third kappa shape index (κ3) is 6.02. The number of alkyl halides is 3. The SMILES string of the molecule is Cc1csc(SCc2ccccc2C(=O)NCC[C@@H](O)C(F)(F)F)n1. The largest absolute Gasteiger partial charge is 0.414 e. The molecule has 9 heteroatoms. The van der Waals surface area contributed by atoms with Crippen molar-refractivity contribution in [3.63, 3.8) is 0 Å². The first kappa shape index (κ1) is 19.7. The summed E-state index contributed by atoms with van der Waals surface area (Å²) in [5, 5.41) is 13.3. The number of aryl methyl sites for hydroxylation is 1. The molecule has 1 aromatic heterocycles. The van der Waals surface area contributed by atoms with E-state index in [0.717, 1.165) is 15.6 Å². The van der Waals surface area contributed by atoms with Gasteiger partial charge in [-0.1, -0.05) is 30.0 Å². The van der Waals surface area contributed by atoms with E-state index in [-0.39, 0.29) is 6.54 Å². The van der Waals surface area contributed by atoms with Crippen molar-refractivity contribution in [1.29, 1.82) is 0 Å². The Hall–Kier alpha value is -1.58. The van der Waals surface area contributed by atoms with Gasteiger partial charge in [-0.25, -0.2) is 4.98 Å². The summed E-state index contributed by atoms with van der Waals surface area (Å²) in [5.41, 5.74) is 2.11. The smallest absolute Gasteiger partial charge is 0.384 e. The molecule has 0 aliphatic heterocycles. The van der Waals surface area contributed by atoms with Crippen LogP contribution in [0.4, 0.5) is 13.2 Å². The van der Waals surface area contributed by atoms with E-state index in [2.05, 4.69) is 10.3 Å². The third-order valence-electron chi connectivity index (χ3n) is 3.29. The van der Waals surface area contributed by atoms with Crippen LogP contribution >= 0.6 is 23.1 Å². The second-order valence-corrected chi connectivity index (χ2v) is 7.38. The maximum Gasteiger partial charge on any atom is 0.414 e. The zero-order chi connectivity index (χ0) is 18.4. The minimum absolute atomic E-state index is 0.257. The summed E-state index contributed by atoms with van der Waals surface area (Å²) in [6.07, 6.45) is -7.69. The topological polar surface area (TPSA) is 62.2 Å². The van der Waals surface area contributed by atoms with Gasteiger partial charge in [0.25, 0.3) is 5.91 Å². The lowest BCUT2D eigenvalue weighted by atomic mass is 10.1. The molecule has 0 saturated carbocycles. The van der Waals surface area contributed by atoms with Crippen molar-refractivity contribution < 1.29 is 23.1 Å². The van der Waals surface area contributed by atoms with E-state index in [9.17, 15) is 18.0 Å². The molecular formula is C16H17F3N2O2S2. The maximum absolute atomic E-state index is 12.3. The molecule has 2 aromatic rings. The van der Waals surface area contributed by atoms with E-state index in [0.29, 0.717) is 11.3 Å². The van der Waals surface area contributed by atoms with Crippen LogP contribution in [-0.2, 0) is 5.75 Å². The Morgan fingerprint density at radius 3 is 2.76 bits per heavy atom. The molecule has 0 radical (unpaired) electrons. The van der Waals surface area contributed by atoms with Gasteiger partial charge < -0.3 is 10.4 Å². The predicted molar refractivity (Wildman–Crippen MR) is 91.9 cm³/mol. The number of carbonyl (C=O) groups excluding carboxylic acids is 1. The first-order valence-electron chi connectivity index (χ1n) is 7.43. The van der Waals surface area contributed by atoms with Crippen LogP contribution in [-0.4, -0.2) is 34.8 Å². The molecule has 2 rings (SSSR count). The number of thiazole rings is 1. The number of thioether (sulfide) groups is 1. The van der Waals surface area contributed by atoms with Crippen LogP contribution in [0.25, 0.3) is 0 Å². The summed E-state index contributed by atoms with van der Waals surface area (Å²) in [4.78, 5) is 16.6. The number of aromatic nitrogens is 1. The lowest BCUT2D eigenvalue weighted by molar-refractivity contribution is -0.204. The van der Waals surface area contributed by atoms with Crippen molar-refractivity contribution in [2.45, 2.75) is 35.7 Å². The Morgan fingerprint density at radius 2 is 2.12 bits per heavy atom. The number of hydrogen-bond donors (Lipinski definition) is 2. The predicted octanol–water partition coefficient (Wildman–Crippen LogP) is 3.79. The summed E-state index contributed by atoms with van der Waals surface area (Å²) >= 11 is 3.02. The Morgan fingerprint density at radius 1 is 1.40 bits per heavy atom. The molecule has 4 nitrogen and oxygen atoms in total. The molecule has 0 aliphatic carbocycles. The molecule has 0 unspecified atom stereocenters. The monoisotopic (exact) mass is 390 g/mol. The zero-order valence-corrected chi connectivity index (χ0v) is 15.0. The summed E-state index contributed by atoms with van der Waals surface area (Å²) in [5.74, 6) is 0.0720. The van der Waals surface area contributed by atoms with Gasteiger partial charge in [0.2, 0.25) is 0 Å². The van der Waals surface area contributed by atoms with Crippen molar-refractivity contribution >= 4 is 29.0 Å². The summed E-state index contributed by atoms with van der Waals surface area (Å²) in [6.45, 7) is 1.64. The molecule has 1 aromatic carbocycles. The van der Waals surface area contributed by atoms with Crippen LogP contribution in [0.1, 0.15) is 28.0 Å². The molecule has 136 valence electrons. The van der Waals surface area contributed by atoms with Gasteiger partial charge in [-0.3, -0.25) is 4.79 Å². The van der Waals surface area contributed by atoms with E-state index in [1.54, 1.807) is 24.3 Å². The Bertz CT molecular complexity index is 719. The normalized spacial score (nSPS) is 12.8. The van der Waals surface area contributed by atoms with Crippen molar-refractivity contribution in [2.75, 3.05) is 6.54 Å². The maximum atomic E-state index is 12.3. The first-order chi connectivity index (χ1) is 11.8. The van der Waals surface area contributed by atoms with Crippen LogP contribution < -0.4 is 5.32 Å². The third-order valence-corrected chi connectivity index (χ3v) is 5.48. The van der Waals surface area contributed by atoms with Gasteiger partial charge in [0.15, 0.2) is 6.10 Å². The molecule has 1 amide bonds. The van der Waals surface area contributed by atoms with E-state index in [1.165, 1.54) is 23.1 Å². The Balaban J connectivity index is 1.93. The van der Waals surface area contributed by atoms with Gasteiger partial charge in [-0.15, -0.1) is 11.3 Å². The van der Waals surface area contributed by atoms with E-state index >= 15 is 0 Å². The molecule has 1 atom stereocenters. The van der Waals surface area contributed by atoms with Crippen molar-refractivity contribution in [3.05, 3.63) is 46.5 Å². The van der Waals surface area contributed by atoms with E-state index in [4.69, 9.17) is 5.11 Å². The van der Waals surface area contributed by atoms with Crippen LogP contribution in [0.15, 0.2) is 34.0 Å². The van der Waals surface area contributed by atoms with Crippen LogP contribution in [0.5, 0.6) is 0 Å². The summed E-state index contributed by atoms with van der Waals surface area (Å²) in [7, 11) is 0. The van der Waals surface area contributed by atoms with Crippen LogP contribution in [0, 0.1) is 6.92 Å².